The maximum atomic E-state index is 11.4. The first-order chi connectivity index (χ1) is 13.9. The van der Waals surface area contributed by atoms with E-state index < -0.39 is 5.91 Å². The normalized spacial score (nSPS) is 12.4. The Kier molecular flexibility index (Phi) is 4.99. The van der Waals surface area contributed by atoms with Crippen LogP contribution in [0.4, 0.5) is 5.69 Å². The number of rotatable bonds is 7. The first kappa shape index (κ1) is 19.0. The molecule has 0 saturated carbocycles. The second-order valence-electron chi connectivity index (χ2n) is 6.58. The van der Waals surface area contributed by atoms with Crippen molar-refractivity contribution in [1.29, 1.82) is 0 Å². The van der Waals surface area contributed by atoms with Gasteiger partial charge in [0, 0.05) is 18.5 Å². The van der Waals surface area contributed by atoms with Crippen LogP contribution >= 0.6 is 11.6 Å². The van der Waals surface area contributed by atoms with Gasteiger partial charge >= 0.3 is 0 Å². The van der Waals surface area contributed by atoms with Crippen molar-refractivity contribution in [2.45, 2.75) is 25.9 Å². The lowest BCUT2D eigenvalue weighted by Gasteiger charge is -2.05. The number of hydrogen-bond acceptors (Lipinski definition) is 8. The number of carbonyl (C=O) groups excluding carboxylic acids is 1. The average Bonchev–Trinajstić information content (AvgIpc) is 3.38. The van der Waals surface area contributed by atoms with Crippen LogP contribution in [0.1, 0.15) is 29.0 Å². The average molecular weight is 416 g/mol. The third-order valence-corrected chi connectivity index (χ3v) is 4.38. The molecule has 150 valence electrons. The number of nitrogens with two attached hydrogens (primary N) is 2. The van der Waals surface area contributed by atoms with Gasteiger partial charge in [0.25, 0.3) is 5.91 Å². The van der Waals surface area contributed by atoms with E-state index in [0.717, 1.165) is 5.76 Å². The fraction of sp³-hybridized carbons (Fsp3) is 0.211. The predicted octanol–water partition coefficient (Wildman–Crippen LogP) is 3.33. The summed E-state index contributed by atoms with van der Waals surface area (Å²) in [5.41, 5.74) is 13.3. The van der Waals surface area contributed by atoms with Crippen molar-refractivity contribution >= 4 is 34.3 Å². The van der Waals surface area contributed by atoms with E-state index in [4.69, 9.17) is 36.3 Å². The Morgan fingerprint density at radius 3 is 2.86 bits per heavy atom. The van der Waals surface area contributed by atoms with E-state index in [-0.39, 0.29) is 22.8 Å². The minimum absolute atomic E-state index is 0.0701. The zero-order valence-electron chi connectivity index (χ0n) is 15.4. The van der Waals surface area contributed by atoms with Crippen LogP contribution in [0.25, 0.3) is 22.6 Å². The Morgan fingerprint density at radius 2 is 2.21 bits per heavy atom. The molecular weight excluding hydrogens is 398 g/mol. The van der Waals surface area contributed by atoms with E-state index in [2.05, 4.69) is 15.3 Å². The minimum Gasteiger partial charge on any atom is -0.467 e. The first-order valence-corrected chi connectivity index (χ1v) is 9.20. The largest absolute Gasteiger partial charge is 0.467 e. The highest BCUT2D eigenvalue weighted by Crippen LogP contribution is 2.38. The van der Waals surface area contributed by atoms with Gasteiger partial charge in [-0.25, -0.2) is 9.97 Å². The standard InChI is InChI=1S/C19H18ClN5O4/c1-9(21)5-12-15(19-24-8-13(29-19)18(22)26)16-17(28-12)11(6-14(20)25-16)23-7-10-3-2-4-27-10/h2-4,6,8-9H,5,7,21H2,1H3,(H2,22,26)(H,23,25). The van der Waals surface area contributed by atoms with Gasteiger partial charge in [-0.05, 0) is 19.1 Å². The van der Waals surface area contributed by atoms with Gasteiger partial charge in [-0.3, -0.25) is 4.79 Å². The summed E-state index contributed by atoms with van der Waals surface area (Å²) in [5.74, 6) is 0.618. The maximum Gasteiger partial charge on any atom is 0.286 e. The van der Waals surface area contributed by atoms with Gasteiger partial charge in [0.2, 0.25) is 11.7 Å². The third-order valence-electron chi connectivity index (χ3n) is 4.19. The minimum atomic E-state index is -0.725. The molecule has 29 heavy (non-hydrogen) atoms. The lowest BCUT2D eigenvalue weighted by Crippen LogP contribution is -2.17. The van der Waals surface area contributed by atoms with Crippen LogP contribution in [0.2, 0.25) is 5.15 Å². The molecule has 1 atom stereocenters. The lowest BCUT2D eigenvalue weighted by molar-refractivity contribution is 0.0974. The number of aromatic nitrogens is 2. The van der Waals surface area contributed by atoms with Gasteiger partial charge in [0.05, 0.1) is 24.7 Å². The van der Waals surface area contributed by atoms with Crippen LogP contribution in [0.3, 0.4) is 0 Å². The molecule has 4 heterocycles. The van der Waals surface area contributed by atoms with Gasteiger partial charge in [0.1, 0.15) is 27.8 Å². The van der Waals surface area contributed by atoms with Crippen LogP contribution in [0.5, 0.6) is 0 Å². The number of primary amides is 1. The molecule has 4 rings (SSSR count). The van der Waals surface area contributed by atoms with Gasteiger partial charge in [-0.1, -0.05) is 11.6 Å². The Bertz CT molecular complexity index is 1160. The van der Waals surface area contributed by atoms with Crippen molar-refractivity contribution in [1.82, 2.24) is 9.97 Å². The van der Waals surface area contributed by atoms with Crippen molar-refractivity contribution in [3.8, 4) is 11.5 Å². The number of furan rings is 2. The summed E-state index contributed by atoms with van der Waals surface area (Å²) in [6.45, 7) is 2.27. The maximum absolute atomic E-state index is 11.4. The third kappa shape index (κ3) is 3.82. The molecule has 4 aromatic heterocycles. The molecule has 0 aliphatic carbocycles. The van der Waals surface area contributed by atoms with Crippen LogP contribution in [0, 0.1) is 0 Å². The van der Waals surface area contributed by atoms with Crippen LogP contribution < -0.4 is 16.8 Å². The summed E-state index contributed by atoms with van der Waals surface area (Å²) in [4.78, 5) is 20.0. The summed E-state index contributed by atoms with van der Waals surface area (Å²) < 4.78 is 16.9. The number of nitrogens with zero attached hydrogens (tertiary/aromatic N) is 2. The smallest absolute Gasteiger partial charge is 0.286 e. The Morgan fingerprint density at radius 1 is 1.38 bits per heavy atom. The van der Waals surface area contributed by atoms with Crippen molar-refractivity contribution in [2.24, 2.45) is 11.5 Å². The number of nitrogens with one attached hydrogen (secondary N) is 1. The molecule has 0 saturated heterocycles. The molecule has 0 aliphatic heterocycles. The fourth-order valence-corrected chi connectivity index (χ4v) is 3.16. The number of anilines is 1. The molecular formula is C19H18ClN5O4. The first-order valence-electron chi connectivity index (χ1n) is 8.82. The number of hydrogen-bond donors (Lipinski definition) is 3. The summed E-state index contributed by atoms with van der Waals surface area (Å²) in [6, 6.07) is 5.10. The number of fused-ring (bicyclic) bond motifs is 1. The Balaban J connectivity index is 1.84. The van der Waals surface area contributed by atoms with Crippen LogP contribution in [-0.2, 0) is 13.0 Å². The molecule has 10 heteroatoms. The second-order valence-corrected chi connectivity index (χ2v) is 6.97. The molecule has 0 fully saturated rings. The molecule has 4 aromatic rings. The molecule has 0 aromatic carbocycles. The van der Waals surface area contributed by atoms with E-state index in [1.165, 1.54) is 6.20 Å². The van der Waals surface area contributed by atoms with E-state index in [0.29, 0.717) is 41.1 Å². The monoisotopic (exact) mass is 415 g/mol. The highest BCUT2D eigenvalue weighted by atomic mass is 35.5. The summed E-state index contributed by atoms with van der Waals surface area (Å²) >= 11 is 6.25. The number of halogens is 1. The van der Waals surface area contributed by atoms with Crippen molar-refractivity contribution in [3.05, 3.63) is 53.1 Å². The highest BCUT2D eigenvalue weighted by molar-refractivity contribution is 6.30. The van der Waals surface area contributed by atoms with Gasteiger partial charge in [-0.15, -0.1) is 0 Å². The molecule has 9 nitrogen and oxygen atoms in total. The lowest BCUT2D eigenvalue weighted by atomic mass is 10.1. The van der Waals surface area contributed by atoms with E-state index in [1.54, 1.807) is 18.4 Å². The molecule has 0 bridgehead atoms. The SMILES string of the molecule is CC(N)Cc1oc2c(NCc3ccco3)cc(Cl)nc2c1-c1ncc(C(N)=O)o1. The highest BCUT2D eigenvalue weighted by Gasteiger charge is 2.25. The van der Waals surface area contributed by atoms with Crippen molar-refractivity contribution in [2.75, 3.05) is 5.32 Å². The molecule has 0 spiro atoms. The van der Waals surface area contributed by atoms with Crippen LogP contribution in [0.15, 0.2) is 43.9 Å². The summed E-state index contributed by atoms with van der Waals surface area (Å²) in [6.07, 6.45) is 3.25. The summed E-state index contributed by atoms with van der Waals surface area (Å²) in [5, 5.41) is 3.48. The van der Waals surface area contributed by atoms with E-state index in [1.807, 2.05) is 13.0 Å². The van der Waals surface area contributed by atoms with Crippen molar-refractivity contribution < 1.29 is 18.0 Å². The number of oxazole rings is 1. The predicted molar refractivity (Wildman–Crippen MR) is 106 cm³/mol. The molecule has 1 unspecified atom stereocenters. The Labute approximate surface area is 170 Å². The van der Waals surface area contributed by atoms with E-state index in [9.17, 15) is 4.79 Å². The molecule has 1 amide bonds. The topological polar surface area (TPSA) is 146 Å². The number of amides is 1. The zero-order chi connectivity index (χ0) is 20.5. The molecule has 0 aliphatic rings. The van der Waals surface area contributed by atoms with Gasteiger partial charge in [0.15, 0.2) is 5.58 Å². The molecule has 0 radical (unpaired) electrons. The number of pyridine rings is 1. The second kappa shape index (κ2) is 7.61. The fourth-order valence-electron chi connectivity index (χ4n) is 2.97. The van der Waals surface area contributed by atoms with Crippen molar-refractivity contribution in [3.63, 3.8) is 0 Å². The summed E-state index contributed by atoms with van der Waals surface area (Å²) in [7, 11) is 0. The van der Waals surface area contributed by atoms with E-state index >= 15 is 0 Å². The van der Waals surface area contributed by atoms with Crippen LogP contribution in [-0.4, -0.2) is 21.9 Å². The van der Waals surface area contributed by atoms with Gasteiger partial charge in [-0.2, -0.15) is 0 Å². The molecule has 5 N–H and O–H groups in total. The zero-order valence-corrected chi connectivity index (χ0v) is 16.2. The van der Waals surface area contributed by atoms with Gasteiger partial charge < -0.3 is 30.0 Å². The number of carbonyl (C=O) groups is 1. The Hall–Kier alpha value is -3.30. The quantitative estimate of drug-likeness (QED) is 0.389.